The van der Waals surface area contributed by atoms with E-state index in [4.69, 9.17) is 0 Å². The van der Waals surface area contributed by atoms with Crippen LogP contribution < -0.4 is 10.2 Å². The van der Waals surface area contributed by atoms with E-state index in [0.717, 1.165) is 18.8 Å². The maximum absolute atomic E-state index is 12.9. The van der Waals surface area contributed by atoms with Gasteiger partial charge in [-0.1, -0.05) is 24.3 Å². The Kier molecular flexibility index (Phi) is 5.80. The summed E-state index contributed by atoms with van der Waals surface area (Å²) in [4.78, 5) is 44.3. The number of nitrogens with zero attached hydrogens (tertiary/aromatic N) is 3. The van der Waals surface area contributed by atoms with Crippen LogP contribution in [0.2, 0.25) is 0 Å². The van der Waals surface area contributed by atoms with E-state index < -0.39 is 6.04 Å². The van der Waals surface area contributed by atoms with Crippen LogP contribution in [-0.4, -0.2) is 72.8 Å². The topological polar surface area (TPSA) is 73.0 Å². The average Bonchev–Trinajstić information content (AvgIpc) is 3.30. The molecule has 7 nitrogen and oxygen atoms in total. The fourth-order valence-electron chi connectivity index (χ4n) is 3.85. The number of thiophene rings is 1. The molecule has 2 fully saturated rings. The van der Waals surface area contributed by atoms with Crippen LogP contribution in [0.1, 0.15) is 16.1 Å². The maximum atomic E-state index is 12.9. The van der Waals surface area contributed by atoms with Crippen molar-refractivity contribution >= 4 is 34.7 Å². The van der Waals surface area contributed by atoms with Crippen molar-refractivity contribution < 1.29 is 14.4 Å². The summed E-state index contributed by atoms with van der Waals surface area (Å²) in [5, 5.41) is 4.63. The van der Waals surface area contributed by atoms with E-state index in [-0.39, 0.29) is 24.1 Å². The molecule has 1 aromatic heterocycles. The molecule has 0 aliphatic carbocycles. The molecule has 2 aliphatic heterocycles. The summed E-state index contributed by atoms with van der Waals surface area (Å²) in [5.74, 6) is -0.511. The molecule has 29 heavy (non-hydrogen) atoms. The minimum atomic E-state index is -0.752. The van der Waals surface area contributed by atoms with Crippen molar-refractivity contribution in [2.24, 2.45) is 0 Å². The Morgan fingerprint density at radius 3 is 2.45 bits per heavy atom. The summed E-state index contributed by atoms with van der Waals surface area (Å²) in [6.07, 6.45) is 0.0221. The van der Waals surface area contributed by atoms with Gasteiger partial charge in [0.1, 0.15) is 6.04 Å². The van der Waals surface area contributed by atoms with E-state index in [2.05, 4.69) is 22.3 Å². The number of nitrogens with one attached hydrogen (secondary N) is 1. The van der Waals surface area contributed by atoms with E-state index in [9.17, 15) is 14.4 Å². The molecule has 2 aromatic rings. The van der Waals surface area contributed by atoms with Crippen LogP contribution in [0.25, 0.3) is 0 Å². The molecular weight excluding hydrogens is 388 g/mol. The molecule has 1 N–H and O–H groups in total. The zero-order valence-corrected chi connectivity index (χ0v) is 16.9. The van der Waals surface area contributed by atoms with Gasteiger partial charge in [-0.3, -0.25) is 14.4 Å². The van der Waals surface area contributed by atoms with Crippen molar-refractivity contribution in [3.05, 3.63) is 52.7 Å². The molecule has 1 unspecified atom stereocenters. The highest BCUT2D eigenvalue weighted by molar-refractivity contribution is 7.12. The molecule has 4 rings (SSSR count). The molecule has 0 saturated carbocycles. The van der Waals surface area contributed by atoms with Crippen molar-refractivity contribution in [2.75, 3.05) is 44.2 Å². The van der Waals surface area contributed by atoms with Gasteiger partial charge >= 0.3 is 0 Å². The summed E-state index contributed by atoms with van der Waals surface area (Å²) in [6, 6.07) is 13.0. The molecule has 8 heteroatoms. The second-order valence-electron chi connectivity index (χ2n) is 7.19. The first kappa shape index (κ1) is 19.4. The molecular formula is C21H24N4O3S. The standard InChI is InChI=1S/C21H24N4O3S/c26-19(24-12-10-23(11-13-24)16-5-2-1-3-6-16)15-17-20(27)22-8-9-25(17)21(28)18-7-4-14-29-18/h1-7,14,17H,8-13,15H2,(H,22,27). The number of carbonyl (C=O) groups is 3. The van der Waals surface area contributed by atoms with Crippen LogP contribution in [0.3, 0.4) is 0 Å². The van der Waals surface area contributed by atoms with Gasteiger partial charge in [0.15, 0.2) is 0 Å². The number of para-hydroxylation sites is 1. The van der Waals surface area contributed by atoms with Crippen LogP contribution in [-0.2, 0) is 9.59 Å². The Morgan fingerprint density at radius 1 is 1.00 bits per heavy atom. The average molecular weight is 413 g/mol. The Balaban J connectivity index is 1.38. The molecule has 1 aromatic carbocycles. The number of piperazine rings is 2. The monoisotopic (exact) mass is 412 g/mol. The normalized spacial score (nSPS) is 19.8. The van der Waals surface area contributed by atoms with Gasteiger partial charge in [0.25, 0.3) is 5.91 Å². The van der Waals surface area contributed by atoms with Gasteiger partial charge < -0.3 is 20.0 Å². The van der Waals surface area contributed by atoms with Crippen LogP contribution >= 0.6 is 11.3 Å². The summed E-state index contributed by atoms with van der Waals surface area (Å²) in [6.45, 7) is 3.56. The van der Waals surface area contributed by atoms with E-state index in [1.54, 1.807) is 15.9 Å². The van der Waals surface area contributed by atoms with Crippen molar-refractivity contribution in [2.45, 2.75) is 12.5 Å². The zero-order chi connectivity index (χ0) is 20.2. The van der Waals surface area contributed by atoms with Gasteiger partial charge in [-0.2, -0.15) is 0 Å². The molecule has 1 atom stereocenters. The van der Waals surface area contributed by atoms with Crippen LogP contribution in [0.5, 0.6) is 0 Å². The lowest BCUT2D eigenvalue weighted by atomic mass is 10.1. The highest BCUT2D eigenvalue weighted by Gasteiger charge is 2.36. The highest BCUT2D eigenvalue weighted by atomic mass is 32.1. The molecule has 3 amide bonds. The third-order valence-corrected chi connectivity index (χ3v) is 6.30. The predicted molar refractivity (Wildman–Crippen MR) is 112 cm³/mol. The highest BCUT2D eigenvalue weighted by Crippen LogP contribution is 2.20. The lowest BCUT2D eigenvalue weighted by Gasteiger charge is -2.38. The Bertz CT molecular complexity index is 863. The van der Waals surface area contributed by atoms with Gasteiger partial charge in [0.2, 0.25) is 11.8 Å². The lowest BCUT2D eigenvalue weighted by Crippen LogP contribution is -2.59. The van der Waals surface area contributed by atoms with Crippen molar-refractivity contribution in [3.63, 3.8) is 0 Å². The van der Waals surface area contributed by atoms with Gasteiger partial charge in [0.05, 0.1) is 11.3 Å². The predicted octanol–water partition coefficient (Wildman–Crippen LogP) is 1.43. The molecule has 2 saturated heterocycles. The zero-order valence-electron chi connectivity index (χ0n) is 16.1. The lowest BCUT2D eigenvalue weighted by molar-refractivity contribution is -0.138. The Labute approximate surface area is 173 Å². The number of carbonyl (C=O) groups excluding carboxylic acids is 3. The minimum absolute atomic E-state index is 0.0221. The molecule has 0 bridgehead atoms. The van der Waals surface area contributed by atoms with Gasteiger partial charge in [-0.15, -0.1) is 11.3 Å². The fourth-order valence-corrected chi connectivity index (χ4v) is 4.53. The smallest absolute Gasteiger partial charge is 0.264 e. The third-order valence-electron chi connectivity index (χ3n) is 5.45. The Hall–Kier alpha value is -2.87. The van der Waals surface area contributed by atoms with E-state index in [0.29, 0.717) is 31.1 Å². The second kappa shape index (κ2) is 8.65. The summed E-state index contributed by atoms with van der Waals surface area (Å²) >= 11 is 1.35. The molecule has 0 radical (unpaired) electrons. The molecule has 3 heterocycles. The SMILES string of the molecule is O=C1NCCN(C(=O)c2cccs2)C1CC(=O)N1CCN(c2ccccc2)CC1. The first-order valence-corrected chi connectivity index (χ1v) is 10.7. The number of rotatable bonds is 4. The number of anilines is 1. The van der Waals surface area contributed by atoms with E-state index in [1.165, 1.54) is 11.3 Å². The number of amides is 3. The quantitative estimate of drug-likeness (QED) is 0.825. The summed E-state index contributed by atoms with van der Waals surface area (Å²) in [7, 11) is 0. The van der Waals surface area contributed by atoms with Crippen LogP contribution in [0.4, 0.5) is 5.69 Å². The second-order valence-corrected chi connectivity index (χ2v) is 8.14. The van der Waals surface area contributed by atoms with Crippen molar-refractivity contribution in [3.8, 4) is 0 Å². The maximum Gasteiger partial charge on any atom is 0.264 e. The van der Waals surface area contributed by atoms with Gasteiger partial charge in [-0.25, -0.2) is 0 Å². The van der Waals surface area contributed by atoms with Crippen LogP contribution in [0.15, 0.2) is 47.8 Å². The number of hydrogen-bond acceptors (Lipinski definition) is 5. The first-order valence-electron chi connectivity index (χ1n) is 9.83. The van der Waals surface area contributed by atoms with Crippen molar-refractivity contribution in [1.82, 2.24) is 15.1 Å². The Morgan fingerprint density at radius 2 is 1.76 bits per heavy atom. The summed E-state index contributed by atoms with van der Waals surface area (Å²) in [5.41, 5.74) is 1.15. The minimum Gasteiger partial charge on any atom is -0.368 e. The van der Waals surface area contributed by atoms with Crippen LogP contribution in [0, 0.1) is 0 Å². The molecule has 2 aliphatic rings. The molecule has 152 valence electrons. The van der Waals surface area contributed by atoms with Gasteiger partial charge in [0, 0.05) is 45.0 Å². The fraction of sp³-hybridized carbons (Fsp3) is 0.381. The number of hydrogen-bond donors (Lipinski definition) is 1. The number of benzene rings is 1. The van der Waals surface area contributed by atoms with E-state index >= 15 is 0 Å². The largest absolute Gasteiger partial charge is 0.368 e. The van der Waals surface area contributed by atoms with E-state index in [1.807, 2.05) is 29.6 Å². The summed E-state index contributed by atoms with van der Waals surface area (Å²) < 4.78 is 0. The first-order chi connectivity index (χ1) is 14.1. The molecule has 0 spiro atoms. The third kappa shape index (κ3) is 4.27. The van der Waals surface area contributed by atoms with Crippen molar-refractivity contribution in [1.29, 1.82) is 0 Å². The van der Waals surface area contributed by atoms with Gasteiger partial charge in [-0.05, 0) is 23.6 Å².